The number of benzene rings is 1. The Balaban J connectivity index is 2.76. The Morgan fingerprint density at radius 2 is 1.89 bits per heavy atom. The minimum atomic E-state index is -0.633. The molecule has 1 N–H and O–H groups in total. The van der Waals surface area contributed by atoms with Crippen LogP contribution in [0.1, 0.15) is 32.4 Å². The average molecular weight is 257 g/mol. The molecule has 0 fully saturated rings. The third-order valence-corrected chi connectivity index (χ3v) is 2.57. The lowest BCUT2D eigenvalue weighted by Crippen LogP contribution is -2.37. The summed E-state index contributed by atoms with van der Waals surface area (Å²) >= 11 is 0. The zero-order valence-electron chi connectivity index (χ0n) is 10.7. The molecule has 0 saturated heterocycles. The zero-order valence-corrected chi connectivity index (χ0v) is 10.7. The molecule has 0 saturated carbocycles. The third-order valence-electron chi connectivity index (χ3n) is 2.57. The van der Waals surface area contributed by atoms with E-state index in [4.69, 9.17) is 4.74 Å². The number of ether oxygens (including phenoxy) is 1. The Hall–Kier alpha value is -1.49. The van der Waals surface area contributed by atoms with Gasteiger partial charge in [-0.2, -0.15) is 0 Å². The first kappa shape index (κ1) is 14.6. The van der Waals surface area contributed by atoms with Gasteiger partial charge in [-0.1, -0.05) is 6.07 Å². The maximum atomic E-state index is 13.5. The van der Waals surface area contributed by atoms with Crippen molar-refractivity contribution in [3.05, 3.63) is 35.4 Å². The van der Waals surface area contributed by atoms with Crippen molar-refractivity contribution in [3.8, 4) is 0 Å². The molecule has 3 nitrogen and oxygen atoms in total. The summed E-state index contributed by atoms with van der Waals surface area (Å²) in [5.41, 5.74) is -0.0753. The molecule has 0 bridgehead atoms. The molecule has 0 radical (unpaired) electrons. The molecule has 0 amide bonds. The molecule has 0 spiro atoms. The van der Waals surface area contributed by atoms with Gasteiger partial charge in [-0.3, -0.25) is 10.1 Å². The first-order chi connectivity index (χ1) is 8.47. The number of halogens is 2. The van der Waals surface area contributed by atoms with Crippen molar-refractivity contribution in [1.82, 2.24) is 5.32 Å². The topological polar surface area (TPSA) is 38.3 Å². The number of hydrogen-bond acceptors (Lipinski definition) is 3. The number of nitrogens with one attached hydrogen (secondary N) is 1. The Morgan fingerprint density at radius 3 is 2.39 bits per heavy atom. The Labute approximate surface area is 105 Å². The van der Waals surface area contributed by atoms with Crippen LogP contribution < -0.4 is 5.32 Å². The SMILES string of the molecule is CCOC(=O)C(C)NC(C)c1c(F)cccc1F. The van der Waals surface area contributed by atoms with E-state index >= 15 is 0 Å². The standard InChI is InChI=1S/C13H17F2NO2/c1-4-18-13(17)9(3)16-8(2)12-10(14)6-5-7-11(12)15/h5-9,16H,4H2,1-3H3. The second kappa shape index (κ2) is 6.44. The number of rotatable bonds is 5. The summed E-state index contributed by atoms with van der Waals surface area (Å²) in [4.78, 5) is 11.4. The van der Waals surface area contributed by atoms with Gasteiger partial charge in [0.05, 0.1) is 6.61 Å². The van der Waals surface area contributed by atoms with E-state index in [0.29, 0.717) is 0 Å². The van der Waals surface area contributed by atoms with Crippen LogP contribution in [-0.4, -0.2) is 18.6 Å². The molecular formula is C13H17F2NO2. The van der Waals surface area contributed by atoms with E-state index in [1.54, 1.807) is 20.8 Å². The second-order valence-electron chi connectivity index (χ2n) is 4.00. The van der Waals surface area contributed by atoms with Crippen molar-refractivity contribution < 1.29 is 18.3 Å². The summed E-state index contributed by atoms with van der Waals surface area (Å²) in [5, 5.41) is 2.81. The van der Waals surface area contributed by atoms with Crippen molar-refractivity contribution >= 4 is 5.97 Å². The number of hydrogen-bond donors (Lipinski definition) is 1. The largest absolute Gasteiger partial charge is 0.465 e. The lowest BCUT2D eigenvalue weighted by Gasteiger charge is -2.20. The quantitative estimate of drug-likeness (QED) is 0.824. The van der Waals surface area contributed by atoms with E-state index in [1.165, 1.54) is 18.2 Å². The highest BCUT2D eigenvalue weighted by Crippen LogP contribution is 2.20. The van der Waals surface area contributed by atoms with Crippen molar-refractivity contribution in [2.24, 2.45) is 0 Å². The van der Waals surface area contributed by atoms with Crippen molar-refractivity contribution in [3.63, 3.8) is 0 Å². The van der Waals surface area contributed by atoms with Crippen molar-refractivity contribution in [2.75, 3.05) is 6.61 Å². The van der Waals surface area contributed by atoms with Gasteiger partial charge in [0.1, 0.15) is 17.7 Å². The van der Waals surface area contributed by atoms with Crippen LogP contribution in [0.3, 0.4) is 0 Å². The van der Waals surface area contributed by atoms with E-state index in [-0.39, 0.29) is 12.2 Å². The Morgan fingerprint density at radius 1 is 1.33 bits per heavy atom. The van der Waals surface area contributed by atoms with Crippen LogP contribution >= 0.6 is 0 Å². The van der Waals surface area contributed by atoms with Gasteiger partial charge in [0.15, 0.2) is 0 Å². The van der Waals surface area contributed by atoms with Crippen LogP contribution in [0.4, 0.5) is 8.78 Å². The maximum Gasteiger partial charge on any atom is 0.322 e. The van der Waals surface area contributed by atoms with E-state index in [0.717, 1.165) is 0 Å². The van der Waals surface area contributed by atoms with Crippen LogP contribution in [-0.2, 0) is 9.53 Å². The molecule has 0 aliphatic carbocycles. The summed E-state index contributed by atoms with van der Waals surface area (Å²) < 4.78 is 31.8. The van der Waals surface area contributed by atoms with E-state index in [9.17, 15) is 13.6 Å². The molecule has 2 atom stereocenters. The minimum Gasteiger partial charge on any atom is -0.465 e. The summed E-state index contributed by atoms with van der Waals surface area (Å²) in [5.74, 6) is -1.71. The fourth-order valence-electron chi connectivity index (χ4n) is 1.72. The lowest BCUT2D eigenvalue weighted by molar-refractivity contribution is -0.145. The fourth-order valence-corrected chi connectivity index (χ4v) is 1.72. The van der Waals surface area contributed by atoms with Gasteiger partial charge >= 0.3 is 5.97 Å². The Bertz CT molecular complexity index is 403. The highest BCUT2D eigenvalue weighted by Gasteiger charge is 2.21. The number of carbonyl (C=O) groups excluding carboxylic acids is 1. The maximum absolute atomic E-state index is 13.5. The summed E-state index contributed by atoms with van der Waals surface area (Å²) in [6, 6.07) is 2.43. The van der Waals surface area contributed by atoms with E-state index in [1.807, 2.05) is 0 Å². The molecular weight excluding hydrogens is 240 g/mol. The molecule has 1 aromatic carbocycles. The van der Waals surface area contributed by atoms with Gasteiger partial charge in [-0.05, 0) is 32.9 Å². The van der Waals surface area contributed by atoms with Gasteiger partial charge < -0.3 is 4.74 Å². The fraction of sp³-hybridized carbons (Fsp3) is 0.462. The summed E-state index contributed by atoms with van der Waals surface area (Å²) in [6.07, 6.45) is 0. The molecule has 0 aliphatic heterocycles. The highest BCUT2D eigenvalue weighted by molar-refractivity contribution is 5.75. The summed E-state index contributed by atoms with van der Waals surface area (Å²) in [7, 11) is 0. The molecule has 5 heteroatoms. The molecule has 0 aliphatic rings. The molecule has 18 heavy (non-hydrogen) atoms. The summed E-state index contributed by atoms with van der Waals surface area (Å²) in [6.45, 7) is 5.16. The van der Waals surface area contributed by atoms with E-state index in [2.05, 4.69) is 5.32 Å². The third kappa shape index (κ3) is 3.50. The van der Waals surface area contributed by atoms with Crippen LogP contribution in [0.5, 0.6) is 0 Å². The van der Waals surface area contributed by atoms with Crippen LogP contribution in [0.15, 0.2) is 18.2 Å². The van der Waals surface area contributed by atoms with Gasteiger partial charge in [0.2, 0.25) is 0 Å². The average Bonchev–Trinajstić information content (AvgIpc) is 2.28. The number of esters is 1. The first-order valence-electron chi connectivity index (χ1n) is 5.84. The predicted octanol–water partition coefficient (Wildman–Crippen LogP) is 2.57. The molecule has 0 aromatic heterocycles. The van der Waals surface area contributed by atoms with Crippen molar-refractivity contribution in [1.29, 1.82) is 0 Å². The Kier molecular flexibility index (Phi) is 5.22. The van der Waals surface area contributed by atoms with Crippen molar-refractivity contribution in [2.45, 2.75) is 32.9 Å². The molecule has 0 heterocycles. The zero-order chi connectivity index (χ0) is 13.7. The first-order valence-corrected chi connectivity index (χ1v) is 5.84. The second-order valence-corrected chi connectivity index (χ2v) is 4.00. The number of carbonyl (C=O) groups is 1. The van der Waals surface area contributed by atoms with Gasteiger partial charge in [0.25, 0.3) is 0 Å². The van der Waals surface area contributed by atoms with Gasteiger partial charge in [-0.15, -0.1) is 0 Å². The molecule has 1 rings (SSSR count). The van der Waals surface area contributed by atoms with E-state index < -0.39 is 29.7 Å². The molecule has 100 valence electrons. The van der Waals surface area contributed by atoms with Crippen LogP contribution in [0.2, 0.25) is 0 Å². The smallest absolute Gasteiger partial charge is 0.322 e. The van der Waals surface area contributed by atoms with Gasteiger partial charge in [0, 0.05) is 11.6 Å². The molecule has 1 aromatic rings. The monoisotopic (exact) mass is 257 g/mol. The predicted molar refractivity (Wildman–Crippen MR) is 64.0 cm³/mol. The molecule has 2 unspecified atom stereocenters. The van der Waals surface area contributed by atoms with Gasteiger partial charge in [-0.25, -0.2) is 8.78 Å². The minimum absolute atomic E-state index is 0.0753. The van der Waals surface area contributed by atoms with Crippen LogP contribution in [0.25, 0.3) is 0 Å². The normalized spacial score (nSPS) is 14.1. The van der Waals surface area contributed by atoms with Crippen LogP contribution in [0, 0.1) is 11.6 Å². The highest BCUT2D eigenvalue weighted by atomic mass is 19.1. The lowest BCUT2D eigenvalue weighted by atomic mass is 10.1.